The number of carbonyl (C=O) groups is 1. The molecule has 1 amide bonds. The lowest BCUT2D eigenvalue weighted by Crippen LogP contribution is -2.32. The Kier molecular flexibility index (Phi) is 6.19. The highest BCUT2D eigenvalue weighted by Crippen LogP contribution is 2.18. The van der Waals surface area contributed by atoms with Gasteiger partial charge in [0.15, 0.2) is 0 Å². The molecule has 0 aliphatic carbocycles. The maximum Gasteiger partial charge on any atom is 0.241 e. The van der Waals surface area contributed by atoms with E-state index >= 15 is 0 Å². The zero-order valence-electron chi connectivity index (χ0n) is 11.3. The number of thiocarbonyl (C=S) groups is 1. The van der Waals surface area contributed by atoms with Gasteiger partial charge >= 0.3 is 0 Å². The number of carbonyl (C=O) groups excluding carboxylic acids is 1. The van der Waals surface area contributed by atoms with Crippen LogP contribution in [0.4, 0.5) is 4.39 Å². The molecule has 0 unspecified atom stereocenters. The first-order chi connectivity index (χ1) is 9.79. The molecule has 4 N–H and O–H groups in total. The molecule has 21 heavy (non-hydrogen) atoms. The monoisotopic (exact) mass is 333 g/mol. The van der Waals surface area contributed by atoms with Crippen LogP contribution in [0.3, 0.4) is 0 Å². The van der Waals surface area contributed by atoms with Crippen molar-refractivity contribution in [2.45, 2.75) is 18.2 Å². The highest BCUT2D eigenvalue weighted by Gasteiger charge is 2.22. The van der Waals surface area contributed by atoms with Crippen LogP contribution in [-0.2, 0) is 14.8 Å². The van der Waals surface area contributed by atoms with Crippen LogP contribution in [-0.4, -0.2) is 32.4 Å². The lowest BCUT2D eigenvalue weighted by atomic mass is 10.2. The van der Waals surface area contributed by atoms with Gasteiger partial charge in [0.05, 0.1) is 10.5 Å². The molecule has 0 fully saturated rings. The Morgan fingerprint density at radius 1 is 1.43 bits per heavy atom. The molecule has 0 aromatic heterocycles. The molecule has 0 aliphatic rings. The topological polar surface area (TPSA) is 101 Å². The normalized spacial score (nSPS) is 11.1. The zero-order valence-corrected chi connectivity index (χ0v) is 13.0. The molecule has 1 aromatic rings. The van der Waals surface area contributed by atoms with Crippen LogP contribution in [0.25, 0.3) is 0 Å². The summed E-state index contributed by atoms with van der Waals surface area (Å²) in [5.74, 6) is -1.09. The third kappa shape index (κ3) is 4.73. The average molecular weight is 333 g/mol. The molecule has 0 bridgehead atoms. The van der Waals surface area contributed by atoms with E-state index in [-0.39, 0.29) is 34.3 Å². The molecule has 116 valence electrons. The lowest BCUT2D eigenvalue weighted by molar-refractivity contribution is -0.120. The van der Waals surface area contributed by atoms with Crippen molar-refractivity contribution in [2.24, 2.45) is 5.73 Å². The van der Waals surface area contributed by atoms with Gasteiger partial charge in [-0.25, -0.2) is 17.5 Å². The fraction of sp³-hybridized carbons (Fsp3) is 0.333. The molecule has 0 heterocycles. The first-order valence-electron chi connectivity index (χ1n) is 6.14. The van der Waals surface area contributed by atoms with E-state index < -0.39 is 15.8 Å². The van der Waals surface area contributed by atoms with Crippen molar-refractivity contribution in [1.82, 2.24) is 10.0 Å². The van der Waals surface area contributed by atoms with E-state index in [2.05, 4.69) is 22.3 Å². The molecule has 0 saturated heterocycles. The van der Waals surface area contributed by atoms with Gasteiger partial charge in [-0.3, -0.25) is 4.79 Å². The summed E-state index contributed by atoms with van der Waals surface area (Å²) in [6.07, 6.45) is -0.0230. The number of nitrogens with two attached hydrogens (primary N) is 1. The minimum absolute atomic E-state index is 0.0230. The van der Waals surface area contributed by atoms with Crippen LogP contribution in [0.5, 0.6) is 0 Å². The summed E-state index contributed by atoms with van der Waals surface area (Å²) < 4.78 is 40.1. The number of rotatable bonds is 7. The lowest BCUT2D eigenvalue weighted by Gasteiger charge is -2.11. The predicted octanol–water partition coefficient (Wildman–Crippen LogP) is 0.264. The Bertz CT molecular complexity index is 647. The van der Waals surface area contributed by atoms with Gasteiger partial charge in [-0.05, 0) is 19.1 Å². The van der Waals surface area contributed by atoms with E-state index in [9.17, 15) is 17.6 Å². The van der Waals surface area contributed by atoms with Crippen molar-refractivity contribution < 1.29 is 17.6 Å². The van der Waals surface area contributed by atoms with E-state index in [1.807, 2.05) is 0 Å². The molecular weight excluding hydrogens is 317 g/mol. The van der Waals surface area contributed by atoms with Crippen molar-refractivity contribution in [3.63, 3.8) is 0 Å². The third-order valence-electron chi connectivity index (χ3n) is 2.53. The van der Waals surface area contributed by atoms with Gasteiger partial charge in [-0.15, -0.1) is 0 Å². The Morgan fingerprint density at radius 2 is 2.10 bits per heavy atom. The van der Waals surface area contributed by atoms with Crippen LogP contribution >= 0.6 is 12.2 Å². The van der Waals surface area contributed by atoms with Crippen molar-refractivity contribution in [3.8, 4) is 0 Å². The minimum Gasteiger partial charge on any atom is -0.389 e. The van der Waals surface area contributed by atoms with Crippen molar-refractivity contribution in [1.29, 1.82) is 0 Å². The van der Waals surface area contributed by atoms with E-state index in [0.717, 1.165) is 6.07 Å². The average Bonchev–Trinajstić information content (AvgIpc) is 2.38. The molecule has 1 aromatic carbocycles. The van der Waals surface area contributed by atoms with Gasteiger partial charge in [0.2, 0.25) is 15.9 Å². The van der Waals surface area contributed by atoms with E-state index in [4.69, 9.17) is 5.73 Å². The van der Waals surface area contributed by atoms with Crippen LogP contribution < -0.4 is 15.8 Å². The first kappa shape index (κ1) is 17.5. The molecule has 0 saturated carbocycles. The molecule has 0 atom stereocenters. The number of halogens is 1. The van der Waals surface area contributed by atoms with Gasteiger partial charge in [0.1, 0.15) is 10.8 Å². The van der Waals surface area contributed by atoms with E-state index in [0.29, 0.717) is 6.54 Å². The highest BCUT2D eigenvalue weighted by molar-refractivity contribution is 7.89. The maximum absolute atomic E-state index is 13.7. The molecule has 0 spiro atoms. The number of benzene rings is 1. The fourth-order valence-corrected chi connectivity index (χ4v) is 3.16. The Balaban J connectivity index is 2.92. The van der Waals surface area contributed by atoms with Gasteiger partial charge in [0, 0.05) is 19.5 Å². The van der Waals surface area contributed by atoms with E-state index in [1.54, 1.807) is 6.92 Å². The standard InChI is InChI=1S/C12H16FN3O3S2/c1-2-15-10(17)6-7-16-21(18,19)9-5-3-4-8(13)11(9)12(14)20/h3-5,16H,2,6-7H2,1H3,(H2,14,20)(H,15,17). The summed E-state index contributed by atoms with van der Waals surface area (Å²) >= 11 is 4.68. The number of sulfonamides is 1. The van der Waals surface area contributed by atoms with Gasteiger partial charge in [-0.2, -0.15) is 0 Å². The van der Waals surface area contributed by atoms with Gasteiger partial charge in [-0.1, -0.05) is 18.3 Å². The van der Waals surface area contributed by atoms with Crippen LogP contribution in [0.15, 0.2) is 23.1 Å². The highest BCUT2D eigenvalue weighted by atomic mass is 32.2. The molecule has 0 aliphatic heterocycles. The first-order valence-corrected chi connectivity index (χ1v) is 8.03. The van der Waals surface area contributed by atoms with Gasteiger partial charge in [0.25, 0.3) is 0 Å². The smallest absolute Gasteiger partial charge is 0.241 e. The summed E-state index contributed by atoms with van der Waals surface area (Å²) in [4.78, 5) is 10.6. The molecule has 0 radical (unpaired) electrons. The van der Waals surface area contributed by atoms with Crippen LogP contribution in [0, 0.1) is 5.82 Å². The zero-order chi connectivity index (χ0) is 16.0. The predicted molar refractivity (Wildman–Crippen MR) is 80.8 cm³/mol. The summed E-state index contributed by atoms with van der Waals surface area (Å²) in [7, 11) is -4.01. The fourth-order valence-electron chi connectivity index (χ4n) is 1.63. The van der Waals surface area contributed by atoms with E-state index in [1.165, 1.54) is 12.1 Å². The second-order valence-electron chi connectivity index (χ2n) is 4.08. The molecule has 1 rings (SSSR count). The Morgan fingerprint density at radius 3 is 2.67 bits per heavy atom. The Labute approximate surface area is 128 Å². The number of hydrogen-bond acceptors (Lipinski definition) is 4. The Hall–Kier alpha value is -1.58. The quantitative estimate of drug-likeness (QED) is 0.622. The second kappa shape index (κ2) is 7.43. The minimum atomic E-state index is -4.01. The molecule has 9 heteroatoms. The van der Waals surface area contributed by atoms with Gasteiger partial charge < -0.3 is 11.1 Å². The van der Waals surface area contributed by atoms with Crippen molar-refractivity contribution in [3.05, 3.63) is 29.6 Å². The largest absolute Gasteiger partial charge is 0.389 e. The number of hydrogen-bond donors (Lipinski definition) is 3. The number of nitrogens with one attached hydrogen (secondary N) is 2. The van der Waals surface area contributed by atoms with Crippen molar-refractivity contribution in [2.75, 3.05) is 13.1 Å². The van der Waals surface area contributed by atoms with Crippen molar-refractivity contribution >= 4 is 33.1 Å². The summed E-state index contributed by atoms with van der Waals surface area (Å²) in [5.41, 5.74) is 5.03. The number of amides is 1. The molecular formula is C12H16FN3O3S2. The summed E-state index contributed by atoms with van der Waals surface area (Å²) in [6, 6.07) is 3.52. The maximum atomic E-state index is 13.7. The SMILES string of the molecule is CCNC(=O)CCNS(=O)(=O)c1cccc(F)c1C(N)=S. The third-order valence-corrected chi connectivity index (χ3v) is 4.24. The summed E-state index contributed by atoms with van der Waals surface area (Å²) in [5, 5.41) is 2.54. The molecule has 6 nitrogen and oxygen atoms in total. The van der Waals surface area contributed by atoms with Crippen LogP contribution in [0.2, 0.25) is 0 Å². The van der Waals surface area contributed by atoms with Crippen LogP contribution in [0.1, 0.15) is 18.9 Å². The summed E-state index contributed by atoms with van der Waals surface area (Å²) in [6.45, 7) is 2.10. The second-order valence-corrected chi connectivity index (χ2v) is 6.25.